The fraction of sp³-hybridized carbons (Fsp3) is 0.923. The quantitative estimate of drug-likeness (QED) is 0.704. The molecular formula is C13H24N2O2. The van der Waals surface area contributed by atoms with E-state index in [1.807, 2.05) is 25.7 Å². The van der Waals surface area contributed by atoms with Gasteiger partial charge in [0.1, 0.15) is 5.60 Å². The zero-order valence-corrected chi connectivity index (χ0v) is 11.4. The Morgan fingerprint density at radius 3 is 2.71 bits per heavy atom. The van der Waals surface area contributed by atoms with Crippen LogP contribution in [-0.4, -0.2) is 42.3 Å². The smallest absolute Gasteiger partial charge is 0.410 e. The topological polar surface area (TPSA) is 41.6 Å². The molecule has 1 amide bonds. The first-order chi connectivity index (χ1) is 7.80. The molecule has 0 aromatic rings. The van der Waals surface area contributed by atoms with Crippen molar-refractivity contribution in [3.05, 3.63) is 0 Å². The third-order valence-corrected chi connectivity index (χ3v) is 3.82. The molecule has 4 nitrogen and oxygen atoms in total. The van der Waals surface area contributed by atoms with Crippen LogP contribution in [0.15, 0.2) is 0 Å². The zero-order chi connectivity index (χ0) is 12.7. The molecule has 2 heterocycles. The number of hydrogen-bond donors (Lipinski definition) is 1. The molecule has 0 spiro atoms. The summed E-state index contributed by atoms with van der Waals surface area (Å²) in [5.74, 6) is 0. The Labute approximate surface area is 104 Å². The van der Waals surface area contributed by atoms with Crippen molar-refractivity contribution in [2.75, 3.05) is 19.6 Å². The minimum absolute atomic E-state index is 0.171. The summed E-state index contributed by atoms with van der Waals surface area (Å²) in [7, 11) is 0. The second-order valence-electron chi connectivity index (χ2n) is 6.62. The average Bonchev–Trinajstić information content (AvgIpc) is 2.27. The van der Waals surface area contributed by atoms with Gasteiger partial charge in [0, 0.05) is 25.7 Å². The van der Waals surface area contributed by atoms with E-state index in [2.05, 4.69) is 12.2 Å². The standard InChI is InChI=1S/C13H24N2O2/c1-12(2,3)17-11(16)15-7-5-6-13(4)9-14-10(13)8-15/h10,14H,5-9H2,1-4H3. The van der Waals surface area contributed by atoms with Gasteiger partial charge >= 0.3 is 6.09 Å². The Hall–Kier alpha value is -0.770. The second-order valence-corrected chi connectivity index (χ2v) is 6.62. The number of carbonyl (C=O) groups is 1. The number of likely N-dealkylation sites (tertiary alicyclic amines) is 1. The highest BCUT2D eigenvalue weighted by Gasteiger charge is 2.45. The van der Waals surface area contributed by atoms with Crippen molar-refractivity contribution >= 4 is 6.09 Å². The van der Waals surface area contributed by atoms with Crippen molar-refractivity contribution in [3.8, 4) is 0 Å². The summed E-state index contributed by atoms with van der Waals surface area (Å²) >= 11 is 0. The summed E-state index contributed by atoms with van der Waals surface area (Å²) < 4.78 is 5.43. The molecule has 2 atom stereocenters. The van der Waals surface area contributed by atoms with Crippen LogP contribution in [0, 0.1) is 5.41 Å². The van der Waals surface area contributed by atoms with Crippen LogP contribution < -0.4 is 5.32 Å². The number of amides is 1. The zero-order valence-electron chi connectivity index (χ0n) is 11.4. The van der Waals surface area contributed by atoms with Crippen molar-refractivity contribution in [1.82, 2.24) is 10.2 Å². The lowest BCUT2D eigenvalue weighted by Gasteiger charge is -2.48. The first-order valence-electron chi connectivity index (χ1n) is 6.51. The molecule has 2 saturated heterocycles. The normalized spacial score (nSPS) is 33.4. The lowest BCUT2D eigenvalue weighted by Crippen LogP contribution is -2.63. The van der Waals surface area contributed by atoms with E-state index in [-0.39, 0.29) is 6.09 Å². The van der Waals surface area contributed by atoms with Crippen molar-refractivity contribution in [2.24, 2.45) is 5.41 Å². The average molecular weight is 240 g/mol. The summed E-state index contributed by atoms with van der Waals surface area (Å²) in [6.45, 7) is 10.7. The van der Waals surface area contributed by atoms with Gasteiger partial charge in [-0.15, -0.1) is 0 Å². The van der Waals surface area contributed by atoms with Gasteiger partial charge in [-0.1, -0.05) is 6.92 Å². The van der Waals surface area contributed by atoms with Crippen LogP contribution in [-0.2, 0) is 4.74 Å². The highest BCUT2D eigenvalue weighted by molar-refractivity contribution is 5.68. The highest BCUT2D eigenvalue weighted by Crippen LogP contribution is 2.36. The third kappa shape index (κ3) is 2.73. The van der Waals surface area contributed by atoms with Crippen LogP contribution in [0.25, 0.3) is 0 Å². The number of rotatable bonds is 0. The van der Waals surface area contributed by atoms with E-state index in [9.17, 15) is 4.79 Å². The van der Waals surface area contributed by atoms with Gasteiger partial charge < -0.3 is 15.0 Å². The van der Waals surface area contributed by atoms with Crippen LogP contribution in [0.5, 0.6) is 0 Å². The van der Waals surface area contributed by atoms with Crippen molar-refractivity contribution in [1.29, 1.82) is 0 Å². The lowest BCUT2D eigenvalue weighted by molar-refractivity contribution is 0.0181. The van der Waals surface area contributed by atoms with Crippen LogP contribution in [0.1, 0.15) is 40.5 Å². The molecule has 0 bridgehead atoms. The highest BCUT2D eigenvalue weighted by atomic mass is 16.6. The maximum Gasteiger partial charge on any atom is 0.410 e. The summed E-state index contributed by atoms with van der Waals surface area (Å²) in [6, 6.07) is 0.442. The van der Waals surface area contributed by atoms with E-state index in [1.54, 1.807) is 0 Å². The van der Waals surface area contributed by atoms with Gasteiger partial charge in [-0.2, -0.15) is 0 Å². The second kappa shape index (κ2) is 4.16. The maximum absolute atomic E-state index is 12.0. The molecular weight excluding hydrogens is 216 g/mol. The Morgan fingerprint density at radius 2 is 2.18 bits per heavy atom. The molecule has 2 aliphatic heterocycles. The minimum atomic E-state index is -0.403. The monoisotopic (exact) mass is 240 g/mol. The number of ether oxygens (including phenoxy) is 1. The first kappa shape index (κ1) is 12.7. The predicted molar refractivity (Wildman–Crippen MR) is 66.9 cm³/mol. The fourth-order valence-electron chi connectivity index (χ4n) is 2.62. The molecule has 0 aliphatic carbocycles. The molecule has 2 rings (SSSR count). The van der Waals surface area contributed by atoms with Gasteiger partial charge in [0.15, 0.2) is 0 Å². The molecule has 0 radical (unpaired) electrons. The number of fused-ring (bicyclic) bond motifs is 1. The third-order valence-electron chi connectivity index (χ3n) is 3.82. The first-order valence-corrected chi connectivity index (χ1v) is 6.51. The van der Waals surface area contributed by atoms with E-state index in [1.165, 1.54) is 6.42 Å². The number of nitrogens with zero attached hydrogens (tertiary/aromatic N) is 1. The maximum atomic E-state index is 12.0. The summed E-state index contributed by atoms with van der Waals surface area (Å²) in [4.78, 5) is 13.9. The molecule has 0 aromatic heterocycles. The Morgan fingerprint density at radius 1 is 1.47 bits per heavy atom. The van der Waals surface area contributed by atoms with Gasteiger partial charge in [-0.25, -0.2) is 4.79 Å². The van der Waals surface area contributed by atoms with Gasteiger partial charge in [0.05, 0.1) is 0 Å². The Kier molecular flexibility index (Phi) is 3.10. The summed E-state index contributed by atoms with van der Waals surface area (Å²) in [6.07, 6.45) is 2.10. The molecule has 98 valence electrons. The van der Waals surface area contributed by atoms with Crippen molar-refractivity contribution < 1.29 is 9.53 Å². The molecule has 0 saturated carbocycles. The molecule has 0 aromatic carbocycles. The van der Waals surface area contributed by atoms with E-state index >= 15 is 0 Å². The van der Waals surface area contributed by atoms with Crippen LogP contribution in [0.3, 0.4) is 0 Å². The summed E-state index contributed by atoms with van der Waals surface area (Å²) in [5, 5.41) is 3.43. The number of nitrogens with one attached hydrogen (secondary N) is 1. The van der Waals surface area contributed by atoms with Crippen molar-refractivity contribution in [2.45, 2.75) is 52.2 Å². The van der Waals surface area contributed by atoms with E-state index in [0.29, 0.717) is 11.5 Å². The van der Waals surface area contributed by atoms with Crippen LogP contribution >= 0.6 is 0 Å². The van der Waals surface area contributed by atoms with Gasteiger partial charge in [-0.05, 0) is 39.0 Å². The van der Waals surface area contributed by atoms with Crippen molar-refractivity contribution in [3.63, 3.8) is 0 Å². The van der Waals surface area contributed by atoms with E-state index in [0.717, 1.165) is 26.1 Å². The Balaban J connectivity index is 1.96. The number of carbonyl (C=O) groups excluding carboxylic acids is 1. The molecule has 2 fully saturated rings. The molecule has 1 N–H and O–H groups in total. The largest absolute Gasteiger partial charge is 0.444 e. The van der Waals surface area contributed by atoms with Gasteiger partial charge in [0.2, 0.25) is 0 Å². The van der Waals surface area contributed by atoms with Gasteiger partial charge in [0.25, 0.3) is 0 Å². The van der Waals surface area contributed by atoms with Crippen LogP contribution in [0.2, 0.25) is 0 Å². The molecule has 2 unspecified atom stereocenters. The Bertz CT molecular complexity index is 311. The molecule has 2 aliphatic rings. The SMILES string of the molecule is CC(C)(C)OC(=O)N1CCCC2(C)CNC2C1. The van der Waals surface area contributed by atoms with E-state index < -0.39 is 5.60 Å². The predicted octanol–water partition coefficient (Wildman–Crippen LogP) is 2.00. The van der Waals surface area contributed by atoms with Crippen LogP contribution in [0.4, 0.5) is 4.79 Å². The lowest BCUT2D eigenvalue weighted by atomic mass is 9.73. The molecule has 17 heavy (non-hydrogen) atoms. The van der Waals surface area contributed by atoms with E-state index in [4.69, 9.17) is 4.74 Å². The fourth-order valence-corrected chi connectivity index (χ4v) is 2.62. The molecule has 4 heteroatoms. The van der Waals surface area contributed by atoms with Gasteiger partial charge in [-0.3, -0.25) is 0 Å². The number of hydrogen-bond acceptors (Lipinski definition) is 3. The minimum Gasteiger partial charge on any atom is -0.444 e. The summed E-state index contributed by atoms with van der Waals surface area (Å²) in [5.41, 5.74) is -0.0174.